The van der Waals surface area contributed by atoms with Gasteiger partial charge in [0, 0.05) is 18.2 Å². The average Bonchev–Trinajstić information content (AvgIpc) is 3.03. The molecule has 22 heavy (non-hydrogen) atoms. The van der Waals surface area contributed by atoms with Crippen LogP contribution < -0.4 is 10.1 Å². The Morgan fingerprint density at radius 1 is 1.27 bits per heavy atom. The lowest BCUT2D eigenvalue weighted by Crippen LogP contribution is -2.26. The fraction of sp³-hybridized carbons (Fsp3) is 0.375. The van der Waals surface area contributed by atoms with Gasteiger partial charge in [0.1, 0.15) is 5.75 Å². The van der Waals surface area contributed by atoms with Crippen LogP contribution in [0.3, 0.4) is 0 Å². The molecule has 1 aromatic heterocycles. The van der Waals surface area contributed by atoms with Crippen molar-refractivity contribution in [3.63, 3.8) is 0 Å². The molecule has 0 aliphatic heterocycles. The number of ether oxygens (including phenoxy) is 1. The molecule has 0 bridgehead atoms. The van der Waals surface area contributed by atoms with Gasteiger partial charge in [0.25, 0.3) is 0 Å². The minimum absolute atomic E-state index is 0.164. The van der Waals surface area contributed by atoms with Crippen molar-refractivity contribution in [2.24, 2.45) is 0 Å². The van der Waals surface area contributed by atoms with E-state index in [0.29, 0.717) is 18.5 Å². The smallest absolute Gasteiger partial charge is 0.387 e. The van der Waals surface area contributed by atoms with Gasteiger partial charge in [0.15, 0.2) is 0 Å². The minimum atomic E-state index is -2.85. The van der Waals surface area contributed by atoms with Gasteiger partial charge in [-0.1, -0.05) is 25.1 Å². The van der Waals surface area contributed by atoms with Crippen LogP contribution in [0.25, 0.3) is 0 Å². The number of alkyl halides is 2. The number of aliphatic hydroxyl groups excluding tert-OH is 1. The molecule has 2 rings (SSSR count). The van der Waals surface area contributed by atoms with E-state index >= 15 is 0 Å². The number of nitrogens with one attached hydrogen (secondary N) is 1. The van der Waals surface area contributed by atoms with Gasteiger partial charge >= 0.3 is 6.61 Å². The SMILES string of the molecule is CCC(NCC(O)c1ccsc1)c1ccccc1OC(F)F. The number of thiophene rings is 1. The van der Waals surface area contributed by atoms with Crippen molar-refractivity contribution in [3.05, 3.63) is 52.2 Å². The monoisotopic (exact) mass is 327 g/mol. The summed E-state index contributed by atoms with van der Waals surface area (Å²) in [5.74, 6) is 0.168. The van der Waals surface area contributed by atoms with Gasteiger partial charge in [-0.25, -0.2) is 0 Å². The number of rotatable bonds is 8. The molecule has 1 aromatic carbocycles. The Labute approximate surface area is 132 Å². The highest BCUT2D eigenvalue weighted by atomic mass is 32.1. The molecule has 0 aliphatic carbocycles. The third-order valence-corrected chi connectivity index (χ3v) is 4.11. The molecule has 0 saturated carbocycles. The maximum absolute atomic E-state index is 12.5. The van der Waals surface area contributed by atoms with Gasteiger partial charge in [0.2, 0.25) is 0 Å². The highest BCUT2D eigenvalue weighted by molar-refractivity contribution is 7.07. The molecule has 3 nitrogen and oxygen atoms in total. The van der Waals surface area contributed by atoms with E-state index in [1.54, 1.807) is 18.2 Å². The van der Waals surface area contributed by atoms with Gasteiger partial charge in [-0.2, -0.15) is 20.1 Å². The second-order valence-electron chi connectivity index (χ2n) is 4.86. The van der Waals surface area contributed by atoms with Gasteiger partial charge in [-0.15, -0.1) is 0 Å². The molecule has 2 N–H and O–H groups in total. The lowest BCUT2D eigenvalue weighted by atomic mass is 10.0. The Morgan fingerprint density at radius 3 is 2.68 bits per heavy atom. The van der Waals surface area contributed by atoms with Crippen molar-refractivity contribution in [1.29, 1.82) is 0 Å². The Balaban J connectivity index is 2.05. The first-order valence-electron chi connectivity index (χ1n) is 7.09. The lowest BCUT2D eigenvalue weighted by Gasteiger charge is -2.22. The predicted octanol–water partition coefficient (Wildman–Crippen LogP) is 4.12. The second-order valence-corrected chi connectivity index (χ2v) is 5.64. The summed E-state index contributed by atoms with van der Waals surface area (Å²) in [6, 6.07) is 8.44. The topological polar surface area (TPSA) is 41.5 Å². The van der Waals surface area contributed by atoms with Crippen LogP contribution in [0.2, 0.25) is 0 Å². The van der Waals surface area contributed by atoms with Crippen molar-refractivity contribution in [1.82, 2.24) is 5.32 Å². The number of hydrogen-bond donors (Lipinski definition) is 2. The molecule has 0 spiro atoms. The highest BCUT2D eigenvalue weighted by Gasteiger charge is 2.18. The summed E-state index contributed by atoms with van der Waals surface area (Å²) < 4.78 is 29.5. The molecule has 2 unspecified atom stereocenters. The molecule has 0 saturated heterocycles. The Bertz CT molecular complexity index is 563. The van der Waals surface area contributed by atoms with Gasteiger partial charge in [0.05, 0.1) is 6.10 Å². The summed E-state index contributed by atoms with van der Waals surface area (Å²) in [7, 11) is 0. The summed E-state index contributed by atoms with van der Waals surface area (Å²) in [4.78, 5) is 0. The lowest BCUT2D eigenvalue weighted by molar-refractivity contribution is -0.0507. The van der Waals surface area contributed by atoms with Gasteiger partial charge in [-0.05, 0) is 34.9 Å². The van der Waals surface area contributed by atoms with Crippen LogP contribution in [0.4, 0.5) is 8.78 Å². The first kappa shape index (κ1) is 16.9. The Morgan fingerprint density at radius 2 is 2.05 bits per heavy atom. The van der Waals surface area contributed by atoms with Crippen molar-refractivity contribution in [3.8, 4) is 5.75 Å². The zero-order chi connectivity index (χ0) is 15.9. The van der Waals surface area contributed by atoms with E-state index in [0.717, 1.165) is 5.56 Å². The molecule has 1 heterocycles. The number of halogens is 2. The molecule has 2 aromatic rings. The summed E-state index contributed by atoms with van der Waals surface area (Å²) in [5, 5.41) is 17.1. The third kappa shape index (κ3) is 4.50. The molecular formula is C16H19F2NO2S. The maximum atomic E-state index is 12.5. The van der Waals surface area contributed by atoms with Crippen molar-refractivity contribution < 1.29 is 18.6 Å². The summed E-state index contributed by atoms with van der Waals surface area (Å²) >= 11 is 1.52. The van der Waals surface area contributed by atoms with Crippen molar-refractivity contribution in [2.75, 3.05) is 6.54 Å². The van der Waals surface area contributed by atoms with Crippen molar-refractivity contribution >= 4 is 11.3 Å². The predicted molar refractivity (Wildman–Crippen MR) is 83.4 cm³/mol. The molecular weight excluding hydrogens is 308 g/mol. The molecule has 0 amide bonds. The highest BCUT2D eigenvalue weighted by Crippen LogP contribution is 2.29. The average molecular weight is 327 g/mol. The largest absolute Gasteiger partial charge is 0.434 e. The summed E-state index contributed by atoms with van der Waals surface area (Å²) in [5.41, 5.74) is 1.52. The second kappa shape index (κ2) is 8.22. The quantitative estimate of drug-likeness (QED) is 0.766. The molecule has 2 atom stereocenters. The first-order valence-corrected chi connectivity index (χ1v) is 8.03. The Kier molecular flexibility index (Phi) is 6.30. The number of aliphatic hydroxyl groups is 1. The summed E-state index contributed by atoms with van der Waals surface area (Å²) in [6.45, 7) is -0.554. The standard InChI is InChI=1S/C16H19F2NO2S/c1-2-13(19-9-14(20)11-7-8-22-10-11)12-5-3-4-6-15(12)21-16(17)18/h3-8,10,13-14,16,19-20H,2,9H2,1H3. The number of hydrogen-bond acceptors (Lipinski definition) is 4. The zero-order valence-corrected chi connectivity index (χ0v) is 13.0. The zero-order valence-electron chi connectivity index (χ0n) is 12.2. The molecule has 120 valence electrons. The van der Waals surface area contributed by atoms with Crippen LogP contribution in [0.1, 0.15) is 36.6 Å². The number of para-hydroxylation sites is 1. The van der Waals surface area contributed by atoms with Crippen LogP contribution in [0.15, 0.2) is 41.1 Å². The first-order chi connectivity index (χ1) is 10.6. The van der Waals surface area contributed by atoms with Gasteiger partial charge in [-0.3, -0.25) is 0 Å². The van der Waals surface area contributed by atoms with E-state index in [2.05, 4.69) is 10.1 Å². The molecule has 0 fully saturated rings. The van der Waals surface area contributed by atoms with E-state index in [1.165, 1.54) is 17.4 Å². The minimum Gasteiger partial charge on any atom is -0.434 e. The van der Waals surface area contributed by atoms with Crippen LogP contribution >= 0.6 is 11.3 Å². The van der Waals surface area contributed by atoms with Crippen LogP contribution in [0, 0.1) is 0 Å². The fourth-order valence-electron chi connectivity index (χ4n) is 2.28. The normalized spacial score (nSPS) is 14.0. The van der Waals surface area contributed by atoms with Crippen LogP contribution in [0.5, 0.6) is 5.75 Å². The molecule has 6 heteroatoms. The Hall–Kier alpha value is -1.50. The van der Waals surface area contributed by atoms with E-state index in [4.69, 9.17) is 0 Å². The van der Waals surface area contributed by atoms with Gasteiger partial charge < -0.3 is 15.2 Å². The molecule has 0 aliphatic rings. The fourth-order valence-corrected chi connectivity index (χ4v) is 2.99. The third-order valence-electron chi connectivity index (χ3n) is 3.40. The molecule has 0 radical (unpaired) electrons. The van der Waals surface area contributed by atoms with E-state index in [-0.39, 0.29) is 11.8 Å². The van der Waals surface area contributed by atoms with Crippen LogP contribution in [-0.2, 0) is 0 Å². The summed E-state index contributed by atoms with van der Waals surface area (Å²) in [6.07, 6.45) is 0.0726. The van der Waals surface area contributed by atoms with Crippen LogP contribution in [-0.4, -0.2) is 18.3 Å². The van der Waals surface area contributed by atoms with E-state index in [1.807, 2.05) is 23.8 Å². The van der Waals surface area contributed by atoms with E-state index in [9.17, 15) is 13.9 Å². The van der Waals surface area contributed by atoms with Crippen molar-refractivity contribution in [2.45, 2.75) is 32.1 Å². The van der Waals surface area contributed by atoms with E-state index < -0.39 is 12.7 Å². The number of benzene rings is 1. The maximum Gasteiger partial charge on any atom is 0.387 e.